The lowest BCUT2D eigenvalue weighted by molar-refractivity contribution is -0.147. The van der Waals surface area contributed by atoms with Crippen LogP contribution in [0.2, 0.25) is 0 Å². The van der Waals surface area contributed by atoms with Gasteiger partial charge in [-0.2, -0.15) is 0 Å². The number of urea groups is 1. The molecule has 0 rings (SSSR count). The average molecular weight is 302 g/mol. The number of rotatable bonds is 10. The molecule has 0 aliphatic carbocycles. The van der Waals surface area contributed by atoms with Crippen molar-refractivity contribution in [1.29, 1.82) is 0 Å². The normalized spacial score (nSPS) is 13.1. The Morgan fingerprint density at radius 3 is 2.33 bits per heavy atom. The molecule has 2 atom stereocenters. The number of amides is 2. The second kappa shape index (κ2) is 10.9. The quantitative estimate of drug-likeness (QED) is 0.420. The van der Waals surface area contributed by atoms with Crippen LogP contribution in [-0.2, 0) is 14.3 Å². The number of carboxylic acid groups (broad SMARTS) is 1. The molecular weight excluding hydrogens is 276 g/mol. The van der Waals surface area contributed by atoms with E-state index in [9.17, 15) is 14.4 Å². The Balaban J connectivity index is 4.12. The number of methoxy groups -OCH3 is 1. The molecule has 2 amide bonds. The molecule has 0 fully saturated rings. The molecule has 7 heteroatoms. The van der Waals surface area contributed by atoms with Crippen LogP contribution in [0.1, 0.15) is 52.4 Å². The predicted molar refractivity (Wildman–Crippen MR) is 77.9 cm³/mol. The van der Waals surface area contributed by atoms with Gasteiger partial charge in [0.2, 0.25) is 0 Å². The maximum absolute atomic E-state index is 11.7. The number of aliphatic carboxylic acids is 1. The van der Waals surface area contributed by atoms with E-state index < -0.39 is 30.4 Å². The molecule has 0 aromatic heterocycles. The molecule has 21 heavy (non-hydrogen) atoms. The molecule has 0 aromatic rings. The summed E-state index contributed by atoms with van der Waals surface area (Å²) < 4.78 is 4.40. The topological polar surface area (TPSA) is 105 Å². The highest BCUT2D eigenvalue weighted by Crippen LogP contribution is 2.05. The molecule has 0 saturated heterocycles. The lowest BCUT2D eigenvalue weighted by atomic mass is 10.1. The molecule has 0 heterocycles. The Hall–Kier alpha value is -1.79. The van der Waals surface area contributed by atoms with Crippen LogP contribution in [0.5, 0.6) is 0 Å². The van der Waals surface area contributed by atoms with Crippen LogP contribution < -0.4 is 10.6 Å². The number of unbranched alkanes of at least 4 members (excludes halogenated alkanes) is 3. The minimum absolute atomic E-state index is 0.0468. The zero-order valence-electron chi connectivity index (χ0n) is 13.0. The molecule has 0 bridgehead atoms. The summed E-state index contributed by atoms with van der Waals surface area (Å²) in [6, 6.07) is -1.92. The van der Waals surface area contributed by atoms with Gasteiger partial charge in [0.1, 0.15) is 6.04 Å². The zero-order valence-corrected chi connectivity index (χ0v) is 13.0. The summed E-state index contributed by atoms with van der Waals surface area (Å²) in [4.78, 5) is 33.7. The summed E-state index contributed by atoms with van der Waals surface area (Å²) in [5, 5.41) is 13.9. The van der Waals surface area contributed by atoms with Crippen LogP contribution in [0, 0.1) is 0 Å². The van der Waals surface area contributed by atoms with E-state index in [0.717, 1.165) is 25.7 Å². The fourth-order valence-electron chi connectivity index (χ4n) is 1.82. The van der Waals surface area contributed by atoms with Gasteiger partial charge in [-0.05, 0) is 13.3 Å². The minimum atomic E-state index is -1.29. The smallest absolute Gasteiger partial charge is 0.326 e. The number of esters is 1. The summed E-state index contributed by atoms with van der Waals surface area (Å²) in [5.74, 6) is -1.96. The molecule has 0 radical (unpaired) electrons. The van der Waals surface area contributed by atoms with Crippen LogP contribution >= 0.6 is 0 Å². The van der Waals surface area contributed by atoms with E-state index in [1.807, 2.05) is 6.92 Å². The van der Waals surface area contributed by atoms with Gasteiger partial charge in [-0.3, -0.25) is 4.79 Å². The van der Waals surface area contributed by atoms with Crippen molar-refractivity contribution in [2.24, 2.45) is 0 Å². The fourth-order valence-corrected chi connectivity index (χ4v) is 1.82. The minimum Gasteiger partial charge on any atom is -0.480 e. The van der Waals surface area contributed by atoms with Gasteiger partial charge >= 0.3 is 18.0 Å². The van der Waals surface area contributed by atoms with Crippen molar-refractivity contribution in [3.63, 3.8) is 0 Å². The summed E-state index contributed by atoms with van der Waals surface area (Å²) in [5.41, 5.74) is 0. The van der Waals surface area contributed by atoms with Gasteiger partial charge in [-0.1, -0.05) is 32.6 Å². The second-order valence-electron chi connectivity index (χ2n) is 5.04. The number of nitrogens with one attached hydrogen (secondary N) is 2. The maximum Gasteiger partial charge on any atom is 0.326 e. The van der Waals surface area contributed by atoms with E-state index in [1.54, 1.807) is 0 Å². The second-order valence-corrected chi connectivity index (χ2v) is 5.04. The van der Waals surface area contributed by atoms with Crippen molar-refractivity contribution >= 4 is 18.0 Å². The number of carboxylic acids is 1. The fraction of sp³-hybridized carbons (Fsp3) is 0.786. The van der Waals surface area contributed by atoms with E-state index in [-0.39, 0.29) is 6.04 Å². The van der Waals surface area contributed by atoms with E-state index >= 15 is 0 Å². The van der Waals surface area contributed by atoms with Gasteiger partial charge in [0, 0.05) is 6.04 Å². The van der Waals surface area contributed by atoms with E-state index in [4.69, 9.17) is 5.11 Å². The third-order valence-corrected chi connectivity index (χ3v) is 3.07. The van der Waals surface area contributed by atoms with Gasteiger partial charge in [0.25, 0.3) is 0 Å². The number of ether oxygens (including phenoxy) is 1. The Morgan fingerprint density at radius 1 is 1.14 bits per heavy atom. The largest absolute Gasteiger partial charge is 0.480 e. The van der Waals surface area contributed by atoms with Crippen LogP contribution in [0.15, 0.2) is 0 Å². The predicted octanol–water partition coefficient (Wildman–Crippen LogP) is 1.66. The number of carbonyl (C=O) groups is 3. The number of carbonyl (C=O) groups excluding carboxylic acids is 2. The van der Waals surface area contributed by atoms with Crippen molar-refractivity contribution in [2.45, 2.75) is 64.5 Å². The number of hydrogen-bond donors (Lipinski definition) is 3. The molecule has 122 valence electrons. The van der Waals surface area contributed by atoms with E-state index in [2.05, 4.69) is 22.3 Å². The third kappa shape index (κ3) is 9.70. The van der Waals surface area contributed by atoms with Crippen LogP contribution in [-0.4, -0.2) is 42.3 Å². The summed E-state index contributed by atoms with van der Waals surface area (Å²) >= 11 is 0. The lowest BCUT2D eigenvalue weighted by Crippen LogP contribution is -2.49. The molecule has 3 N–H and O–H groups in total. The first-order valence-corrected chi connectivity index (χ1v) is 7.27. The molecular formula is C14H26N2O5. The SMILES string of the molecule is CCCCCCC(C)NC(=O)N[C@@H](CC(=O)OC)C(=O)O. The van der Waals surface area contributed by atoms with Crippen molar-refractivity contribution in [2.75, 3.05) is 7.11 Å². The Morgan fingerprint density at radius 2 is 1.81 bits per heavy atom. The maximum atomic E-state index is 11.7. The molecule has 0 saturated carbocycles. The number of hydrogen-bond acceptors (Lipinski definition) is 4. The monoisotopic (exact) mass is 302 g/mol. The Kier molecular flexibility index (Phi) is 10.0. The van der Waals surface area contributed by atoms with Crippen LogP contribution in [0.3, 0.4) is 0 Å². The van der Waals surface area contributed by atoms with Gasteiger partial charge in [-0.15, -0.1) is 0 Å². The van der Waals surface area contributed by atoms with Gasteiger partial charge in [0.15, 0.2) is 0 Å². The molecule has 1 unspecified atom stereocenters. The highest BCUT2D eigenvalue weighted by Gasteiger charge is 2.24. The van der Waals surface area contributed by atoms with Crippen molar-refractivity contribution in [3.8, 4) is 0 Å². The van der Waals surface area contributed by atoms with Crippen molar-refractivity contribution in [1.82, 2.24) is 10.6 Å². The zero-order chi connectivity index (χ0) is 16.3. The first kappa shape index (κ1) is 19.2. The molecule has 0 spiro atoms. The molecule has 0 aliphatic heterocycles. The summed E-state index contributed by atoms with van der Waals surface area (Å²) in [6.45, 7) is 3.99. The average Bonchev–Trinajstić information content (AvgIpc) is 2.42. The molecule has 0 aromatic carbocycles. The van der Waals surface area contributed by atoms with E-state index in [0.29, 0.717) is 0 Å². The van der Waals surface area contributed by atoms with Crippen LogP contribution in [0.4, 0.5) is 4.79 Å². The Bertz CT molecular complexity index is 346. The first-order chi connectivity index (χ1) is 9.90. The van der Waals surface area contributed by atoms with E-state index in [1.165, 1.54) is 13.5 Å². The first-order valence-electron chi connectivity index (χ1n) is 7.27. The van der Waals surface area contributed by atoms with Gasteiger partial charge < -0.3 is 20.5 Å². The van der Waals surface area contributed by atoms with Crippen LogP contribution in [0.25, 0.3) is 0 Å². The highest BCUT2D eigenvalue weighted by atomic mass is 16.5. The molecule has 7 nitrogen and oxygen atoms in total. The molecule has 0 aliphatic rings. The third-order valence-electron chi connectivity index (χ3n) is 3.07. The van der Waals surface area contributed by atoms with Crippen molar-refractivity contribution in [3.05, 3.63) is 0 Å². The van der Waals surface area contributed by atoms with Crippen molar-refractivity contribution < 1.29 is 24.2 Å². The summed E-state index contributed by atoms with van der Waals surface area (Å²) in [6.07, 6.45) is 4.88. The van der Waals surface area contributed by atoms with Gasteiger partial charge in [0.05, 0.1) is 13.5 Å². The highest BCUT2D eigenvalue weighted by molar-refractivity contribution is 5.86. The lowest BCUT2D eigenvalue weighted by Gasteiger charge is -2.17. The standard InChI is InChI=1S/C14H26N2O5/c1-4-5-6-7-8-10(2)15-14(20)16-11(13(18)19)9-12(17)21-3/h10-11H,4-9H2,1-3H3,(H,18,19)(H2,15,16,20)/t10?,11-/m0/s1. The van der Waals surface area contributed by atoms with Gasteiger partial charge in [-0.25, -0.2) is 9.59 Å². The Labute approximate surface area is 125 Å². The summed E-state index contributed by atoms with van der Waals surface area (Å²) in [7, 11) is 1.17.